The van der Waals surface area contributed by atoms with Crippen molar-refractivity contribution in [2.75, 3.05) is 36.8 Å². The second kappa shape index (κ2) is 10.7. The summed E-state index contributed by atoms with van der Waals surface area (Å²) in [6.45, 7) is 4.09. The van der Waals surface area contributed by atoms with Crippen molar-refractivity contribution in [3.8, 4) is 11.5 Å². The van der Waals surface area contributed by atoms with E-state index < -0.39 is 23.2 Å². The largest absolute Gasteiger partial charge is 0.417 e. The van der Waals surface area contributed by atoms with Crippen molar-refractivity contribution in [2.24, 2.45) is 0 Å². The summed E-state index contributed by atoms with van der Waals surface area (Å²) in [6, 6.07) is 11.4. The second-order valence-corrected chi connectivity index (χ2v) is 8.17. The molecule has 1 fully saturated rings. The predicted octanol–water partition coefficient (Wildman–Crippen LogP) is 5.30. The number of benzene rings is 2. The van der Waals surface area contributed by atoms with Crippen molar-refractivity contribution in [1.82, 2.24) is 15.1 Å². The molecule has 0 spiro atoms. The molecule has 0 aliphatic carbocycles. The Kier molecular flexibility index (Phi) is 7.46. The lowest BCUT2D eigenvalue weighted by Crippen LogP contribution is -2.31. The molecule has 1 amide bonds. The van der Waals surface area contributed by atoms with Crippen LogP contribution in [0.5, 0.6) is 0 Å². The van der Waals surface area contributed by atoms with Crippen molar-refractivity contribution in [3.63, 3.8) is 0 Å². The molecule has 2 aromatic carbocycles. The summed E-state index contributed by atoms with van der Waals surface area (Å²) in [5.41, 5.74) is -0.443. The summed E-state index contributed by atoms with van der Waals surface area (Å²) in [4.78, 5) is 14.9. The molecule has 0 saturated carbocycles. The Morgan fingerprint density at radius 3 is 2.47 bits per heavy atom. The van der Waals surface area contributed by atoms with E-state index in [1.54, 1.807) is 24.3 Å². The third-order valence-electron chi connectivity index (χ3n) is 5.67. The first kappa shape index (κ1) is 23.7. The van der Waals surface area contributed by atoms with Gasteiger partial charge in [0.1, 0.15) is 0 Å². The molecular weight excluding hydrogens is 447 g/mol. The van der Waals surface area contributed by atoms with Crippen LogP contribution in [-0.2, 0) is 6.18 Å². The van der Waals surface area contributed by atoms with E-state index in [1.807, 2.05) is 0 Å². The number of hydrogen-bond acceptors (Lipinski definition) is 6. The van der Waals surface area contributed by atoms with Gasteiger partial charge in [0.25, 0.3) is 5.91 Å². The van der Waals surface area contributed by atoms with Crippen LogP contribution in [0.15, 0.2) is 52.9 Å². The Morgan fingerprint density at radius 1 is 1.00 bits per heavy atom. The van der Waals surface area contributed by atoms with Gasteiger partial charge in [-0.1, -0.05) is 23.7 Å². The Bertz CT molecular complexity index is 1090. The average Bonchev–Trinajstić information content (AvgIpc) is 3.31. The number of anilines is 2. The number of alkyl halides is 3. The van der Waals surface area contributed by atoms with E-state index >= 15 is 0 Å². The van der Waals surface area contributed by atoms with E-state index in [9.17, 15) is 18.0 Å². The monoisotopic (exact) mass is 473 g/mol. The maximum Gasteiger partial charge on any atom is 0.417 e. The Balaban J connectivity index is 1.31. The first-order valence-corrected chi connectivity index (χ1v) is 11.3. The molecule has 0 unspecified atom stereocenters. The van der Waals surface area contributed by atoms with Crippen LogP contribution in [-0.4, -0.2) is 47.2 Å². The molecule has 1 aliphatic rings. The first-order chi connectivity index (χ1) is 16.4. The van der Waals surface area contributed by atoms with Crippen molar-refractivity contribution in [3.05, 3.63) is 59.7 Å². The van der Waals surface area contributed by atoms with Crippen LogP contribution in [0, 0.1) is 0 Å². The van der Waals surface area contributed by atoms with Gasteiger partial charge in [0.05, 0.1) is 11.1 Å². The Morgan fingerprint density at radius 2 is 1.74 bits per heavy atom. The van der Waals surface area contributed by atoms with E-state index in [2.05, 4.69) is 25.7 Å². The van der Waals surface area contributed by atoms with Gasteiger partial charge in [-0.25, -0.2) is 0 Å². The summed E-state index contributed by atoms with van der Waals surface area (Å²) in [6.07, 6.45) is 0.213. The normalized spacial score (nSPS) is 14.7. The van der Waals surface area contributed by atoms with Crippen molar-refractivity contribution >= 4 is 17.6 Å². The van der Waals surface area contributed by atoms with Crippen molar-refractivity contribution in [1.29, 1.82) is 0 Å². The third kappa shape index (κ3) is 6.13. The van der Waals surface area contributed by atoms with Gasteiger partial charge in [0, 0.05) is 17.8 Å². The number of halogens is 3. The van der Waals surface area contributed by atoms with Gasteiger partial charge in [0.15, 0.2) is 0 Å². The van der Waals surface area contributed by atoms with Crippen LogP contribution < -0.4 is 10.6 Å². The van der Waals surface area contributed by atoms with Crippen LogP contribution in [0.3, 0.4) is 0 Å². The lowest BCUT2D eigenvalue weighted by Gasteiger charge is -2.26. The van der Waals surface area contributed by atoms with Crippen LogP contribution in [0.4, 0.5) is 24.9 Å². The number of piperidine rings is 1. The fraction of sp³-hybridized carbons (Fsp3) is 0.375. The number of hydrogen-bond donors (Lipinski definition) is 2. The molecule has 1 aromatic heterocycles. The maximum absolute atomic E-state index is 13.2. The number of nitrogens with one attached hydrogen (secondary N) is 2. The van der Waals surface area contributed by atoms with E-state index in [0.29, 0.717) is 23.2 Å². The Hall–Kier alpha value is -3.40. The molecule has 180 valence electrons. The molecule has 4 rings (SSSR count). The number of carbonyl (C=O) groups excluding carboxylic acids is 1. The minimum Gasteiger partial charge on any atom is -0.403 e. The highest BCUT2D eigenvalue weighted by molar-refractivity contribution is 6.05. The highest BCUT2D eigenvalue weighted by atomic mass is 19.4. The lowest BCUT2D eigenvalue weighted by atomic mass is 10.1. The van der Waals surface area contributed by atoms with Crippen LogP contribution >= 0.6 is 0 Å². The fourth-order valence-electron chi connectivity index (χ4n) is 3.92. The highest BCUT2D eigenvalue weighted by Gasteiger charge is 2.34. The molecule has 2 heterocycles. The molecule has 1 aliphatic heterocycles. The molecule has 0 atom stereocenters. The van der Waals surface area contributed by atoms with Crippen molar-refractivity contribution < 1.29 is 22.4 Å². The molecule has 2 N–H and O–H groups in total. The van der Waals surface area contributed by atoms with Crippen molar-refractivity contribution in [2.45, 2.75) is 31.9 Å². The molecule has 3 aromatic rings. The van der Waals surface area contributed by atoms with Gasteiger partial charge in [-0.05, 0) is 75.3 Å². The topological polar surface area (TPSA) is 83.3 Å². The molecule has 0 radical (unpaired) electrons. The summed E-state index contributed by atoms with van der Waals surface area (Å²) in [5, 5.41) is 13.7. The number of carbonyl (C=O) groups is 1. The number of nitrogens with zero attached hydrogens (tertiary/aromatic N) is 3. The zero-order chi connectivity index (χ0) is 24.0. The molecule has 7 nitrogen and oxygen atoms in total. The zero-order valence-electron chi connectivity index (χ0n) is 18.6. The van der Waals surface area contributed by atoms with Gasteiger partial charge < -0.3 is 20.0 Å². The number of rotatable bonds is 8. The van der Waals surface area contributed by atoms with Crippen LogP contribution in [0.1, 0.15) is 41.6 Å². The molecular formula is C24H26F3N5O2. The van der Waals surface area contributed by atoms with E-state index in [0.717, 1.165) is 44.7 Å². The summed E-state index contributed by atoms with van der Waals surface area (Å²) >= 11 is 0. The number of likely N-dealkylation sites (tertiary alicyclic amines) is 1. The summed E-state index contributed by atoms with van der Waals surface area (Å²) in [7, 11) is 0. The summed E-state index contributed by atoms with van der Waals surface area (Å²) in [5.74, 6) is -0.534. The number of amides is 1. The molecule has 1 saturated heterocycles. The highest BCUT2D eigenvalue weighted by Crippen LogP contribution is 2.32. The second-order valence-electron chi connectivity index (χ2n) is 8.17. The van der Waals surface area contributed by atoms with Gasteiger partial charge in [-0.15, -0.1) is 5.10 Å². The molecule has 34 heavy (non-hydrogen) atoms. The smallest absolute Gasteiger partial charge is 0.403 e. The van der Waals surface area contributed by atoms with Gasteiger partial charge in [-0.3, -0.25) is 4.79 Å². The average molecular weight is 473 g/mol. The minimum atomic E-state index is -4.62. The molecule has 0 bridgehead atoms. The predicted molar refractivity (Wildman–Crippen MR) is 123 cm³/mol. The van der Waals surface area contributed by atoms with E-state index in [1.165, 1.54) is 31.4 Å². The minimum absolute atomic E-state index is 0.304. The third-order valence-corrected chi connectivity index (χ3v) is 5.67. The Labute approximate surface area is 195 Å². The quantitative estimate of drug-likeness (QED) is 0.432. The van der Waals surface area contributed by atoms with Gasteiger partial charge in [0.2, 0.25) is 5.89 Å². The van der Waals surface area contributed by atoms with Gasteiger partial charge in [-0.2, -0.15) is 13.2 Å². The first-order valence-electron chi connectivity index (χ1n) is 11.3. The van der Waals surface area contributed by atoms with Gasteiger partial charge >= 0.3 is 12.2 Å². The SMILES string of the molecule is O=C(Nc1ccc(-c2nnc(NCCCN3CCCCC3)o2)cc1)c1ccccc1C(F)(F)F. The van der Waals surface area contributed by atoms with Crippen LogP contribution in [0.2, 0.25) is 0 Å². The lowest BCUT2D eigenvalue weighted by molar-refractivity contribution is -0.137. The molecule has 10 heteroatoms. The summed E-state index contributed by atoms with van der Waals surface area (Å²) < 4.78 is 45.1. The zero-order valence-corrected chi connectivity index (χ0v) is 18.6. The number of aromatic nitrogens is 2. The van der Waals surface area contributed by atoms with E-state index in [-0.39, 0.29) is 0 Å². The maximum atomic E-state index is 13.2. The van der Waals surface area contributed by atoms with E-state index in [4.69, 9.17) is 4.42 Å². The fourth-order valence-corrected chi connectivity index (χ4v) is 3.92. The van der Waals surface area contributed by atoms with Crippen LogP contribution in [0.25, 0.3) is 11.5 Å². The standard InChI is InChI=1S/C24H26F3N5O2/c25-24(26,27)20-8-3-2-7-19(20)21(33)29-18-11-9-17(10-12-18)22-30-31-23(34-22)28-13-6-16-32-14-4-1-5-15-32/h2-3,7-12H,1,4-6,13-16H2,(H,28,31)(H,29,33).